The highest BCUT2D eigenvalue weighted by molar-refractivity contribution is 7.09. The minimum absolute atomic E-state index is 0.125. The fourth-order valence-corrected chi connectivity index (χ4v) is 3.85. The van der Waals surface area contributed by atoms with Crippen LogP contribution in [0.15, 0.2) is 66.3 Å². The lowest BCUT2D eigenvalue weighted by atomic mass is 10.2. The number of imidazole rings is 1. The first-order chi connectivity index (χ1) is 15.2. The molecule has 0 unspecified atom stereocenters. The highest BCUT2D eigenvalue weighted by atomic mass is 32.1. The van der Waals surface area contributed by atoms with Crippen LogP contribution >= 0.6 is 11.3 Å². The number of nitrogens with one attached hydrogen (secondary N) is 1. The lowest BCUT2D eigenvalue weighted by Crippen LogP contribution is -2.23. The highest BCUT2D eigenvalue weighted by Gasteiger charge is 2.05. The van der Waals surface area contributed by atoms with Crippen LogP contribution in [0.5, 0.6) is 5.75 Å². The Hall–Kier alpha value is -3.45. The number of para-hydroxylation sites is 3. The number of aryl methyl sites for hydroxylation is 2. The Morgan fingerprint density at radius 2 is 2.03 bits per heavy atom. The molecule has 158 valence electrons. The second-order valence-electron chi connectivity index (χ2n) is 7.09. The Morgan fingerprint density at radius 3 is 2.90 bits per heavy atom. The zero-order valence-corrected chi connectivity index (χ0v) is 18.1. The first-order valence-corrected chi connectivity index (χ1v) is 11.1. The largest absolute Gasteiger partial charge is 0.487 e. The van der Waals surface area contributed by atoms with Gasteiger partial charge in [0.2, 0.25) is 5.91 Å². The van der Waals surface area contributed by atoms with Crippen molar-refractivity contribution in [3.8, 4) is 5.75 Å². The van der Waals surface area contributed by atoms with Crippen LogP contribution in [-0.2, 0) is 17.9 Å². The maximum Gasteiger partial charge on any atom is 0.244 e. The Morgan fingerprint density at radius 1 is 1.19 bits per heavy atom. The number of nitrogens with zero attached hydrogens (tertiary/aromatic N) is 3. The second kappa shape index (κ2) is 10.0. The van der Waals surface area contributed by atoms with E-state index in [0.717, 1.165) is 46.0 Å². The predicted octanol–water partition coefficient (Wildman–Crippen LogP) is 4.60. The number of carbonyl (C=O) groups excluding carboxylic acids is 1. The summed E-state index contributed by atoms with van der Waals surface area (Å²) in [4.78, 5) is 21.0. The summed E-state index contributed by atoms with van der Waals surface area (Å²) in [6.45, 7) is 3.78. The molecule has 1 N–H and O–H groups in total. The Bertz CT molecular complexity index is 1190. The Labute approximate surface area is 185 Å². The third kappa shape index (κ3) is 5.58. The van der Waals surface area contributed by atoms with Gasteiger partial charge >= 0.3 is 0 Å². The van der Waals surface area contributed by atoms with E-state index in [1.165, 1.54) is 0 Å². The van der Waals surface area contributed by atoms with Crippen LogP contribution in [-0.4, -0.2) is 27.0 Å². The molecule has 0 spiro atoms. The fraction of sp³-hybridized carbons (Fsp3) is 0.208. The number of ether oxygens (including phenoxy) is 1. The first-order valence-electron chi connectivity index (χ1n) is 10.2. The first kappa shape index (κ1) is 20.8. The number of rotatable bonds is 9. The standard InChI is InChI=1S/C24H24N4O2S/c1-18-27-20(16-31-18)15-30-23-10-5-2-7-19(23)11-12-24(29)25-13-6-14-28-17-26-21-8-3-4-9-22(21)28/h2-5,7-12,16-17H,6,13-15H2,1H3,(H,25,29)/b12-11+. The molecule has 0 radical (unpaired) electrons. The van der Waals surface area contributed by atoms with E-state index < -0.39 is 0 Å². The molecule has 0 aliphatic carbocycles. The third-order valence-corrected chi connectivity index (χ3v) is 5.60. The van der Waals surface area contributed by atoms with E-state index in [1.54, 1.807) is 23.5 Å². The zero-order chi connectivity index (χ0) is 21.5. The normalized spacial score (nSPS) is 11.3. The number of carbonyl (C=O) groups is 1. The van der Waals surface area contributed by atoms with E-state index in [4.69, 9.17) is 4.74 Å². The molecular weight excluding hydrogens is 408 g/mol. The summed E-state index contributed by atoms with van der Waals surface area (Å²) in [6, 6.07) is 15.7. The fourth-order valence-electron chi connectivity index (χ4n) is 3.25. The van der Waals surface area contributed by atoms with Gasteiger partial charge in [-0.05, 0) is 37.6 Å². The molecule has 0 fully saturated rings. The average molecular weight is 433 g/mol. The number of benzene rings is 2. The number of aromatic nitrogens is 3. The van der Waals surface area contributed by atoms with E-state index >= 15 is 0 Å². The molecular formula is C24H24N4O2S. The molecule has 1 amide bonds. The van der Waals surface area contributed by atoms with Gasteiger partial charge in [0, 0.05) is 30.1 Å². The van der Waals surface area contributed by atoms with Gasteiger partial charge in [-0.1, -0.05) is 30.3 Å². The van der Waals surface area contributed by atoms with Gasteiger partial charge in [-0.2, -0.15) is 0 Å². The molecule has 31 heavy (non-hydrogen) atoms. The number of amides is 1. The summed E-state index contributed by atoms with van der Waals surface area (Å²) in [5, 5.41) is 5.95. The molecule has 0 saturated heterocycles. The molecule has 2 aromatic heterocycles. The summed E-state index contributed by atoms with van der Waals surface area (Å²) in [6.07, 6.45) is 5.99. The van der Waals surface area contributed by atoms with Crippen molar-refractivity contribution in [1.82, 2.24) is 19.9 Å². The van der Waals surface area contributed by atoms with Crippen molar-refractivity contribution >= 4 is 34.4 Å². The van der Waals surface area contributed by atoms with Crippen molar-refractivity contribution in [2.75, 3.05) is 6.54 Å². The van der Waals surface area contributed by atoms with Gasteiger partial charge in [0.1, 0.15) is 12.4 Å². The molecule has 0 aliphatic rings. The number of hydrogen-bond acceptors (Lipinski definition) is 5. The highest BCUT2D eigenvalue weighted by Crippen LogP contribution is 2.21. The van der Waals surface area contributed by atoms with Crippen LogP contribution in [0, 0.1) is 6.92 Å². The van der Waals surface area contributed by atoms with Gasteiger partial charge in [-0.25, -0.2) is 9.97 Å². The second-order valence-corrected chi connectivity index (χ2v) is 8.15. The third-order valence-electron chi connectivity index (χ3n) is 4.78. The minimum atomic E-state index is -0.125. The van der Waals surface area contributed by atoms with Gasteiger partial charge in [0.15, 0.2) is 0 Å². The summed E-state index contributed by atoms with van der Waals surface area (Å²) in [5.74, 6) is 0.601. The van der Waals surface area contributed by atoms with E-state index in [9.17, 15) is 4.79 Å². The van der Waals surface area contributed by atoms with Crippen LogP contribution < -0.4 is 10.1 Å². The van der Waals surface area contributed by atoms with E-state index in [0.29, 0.717) is 13.2 Å². The SMILES string of the molecule is Cc1nc(COc2ccccc2/C=C/C(=O)NCCCn2cnc3ccccc32)cs1. The molecule has 4 rings (SSSR count). The maximum atomic E-state index is 12.2. The van der Waals surface area contributed by atoms with E-state index in [-0.39, 0.29) is 5.91 Å². The topological polar surface area (TPSA) is 69.0 Å². The summed E-state index contributed by atoms with van der Waals surface area (Å²) in [7, 11) is 0. The van der Waals surface area contributed by atoms with Crippen molar-refractivity contribution in [2.45, 2.75) is 26.5 Å². The monoisotopic (exact) mass is 432 g/mol. The molecule has 0 atom stereocenters. The van der Waals surface area contributed by atoms with Crippen LogP contribution in [0.3, 0.4) is 0 Å². The van der Waals surface area contributed by atoms with Gasteiger partial charge in [-0.15, -0.1) is 11.3 Å². The van der Waals surface area contributed by atoms with Gasteiger partial charge in [0.05, 0.1) is 28.1 Å². The van der Waals surface area contributed by atoms with Crippen molar-refractivity contribution in [2.24, 2.45) is 0 Å². The average Bonchev–Trinajstić information content (AvgIpc) is 3.40. The quantitative estimate of drug-likeness (QED) is 0.310. The molecule has 0 aliphatic heterocycles. The van der Waals surface area contributed by atoms with E-state index in [1.807, 2.05) is 61.1 Å². The van der Waals surface area contributed by atoms with Crippen LogP contribution in [0.2, 0.25) is 0 Å². The van der Waals surface area contributed by atoms with Crippen molar-refractivity contribution in [3.63, 3.8) is 0 Å². The molecule has 0 bridgehead atoms. The molecule has 2 heterocycles. The summed E-state index contributed by atoms with van der Waals surface area (Å²) < 4.78 is 8.00. The molecule has 7 heteroatoms. The molecule has 6 nitrogen and oxygen atoms in total. The van der Waals surface area contributed by atoms with Gasteiger partial charge in [-0.3, -0.25) is 4.79 Å². The molecule has 4 aromatic rings. The minimum Gasteiger partial charge on any atom is -0.487 e. The van der Waals surface area contributed by atoms with Gasteiger partial charge in [0.25, 0.3) is 0 Å². The Kier molecular flexibility index (Phi) is 6.74. The molecule has 2 aromatic carbocycles. The van der Waals surface area contributed by atoms with E-state index in [2.05, 4.69) is 25.9 Å². The lowest BCUT2D eigenvalue weighted by molar-refractivity contribution is -0.116. The number of hydrogen-bond donors (Lipinski definition) is 1. The zero-order valence-electron chi connectivity index (χ0n) is 17.3. The predicted molar refractivity (Wildman–Crippen MR) is 124 cm³/mol. The number of thiazole rings is 1. The van der Waals surface area contributed by atoms with Gasteiger partial charge < -0.3 is 14.6 Å². The molecule has 0 saturated carbocycles. The Balaban J connectivity index is 1.26. The van der Waals surface area contributed by atoms with Crippen LogP contribution in [0.1, 0.15) is 22.7 Å². The van der Waals surface area contributed by atoms with Crippen molar-refractivity contribution in [3.05, 3.63) is 82.6 Å². The smallest absolute Gasteiger partial charge is 0.244 e. The maximum absolute atomic E-state index is 12.2. The van der Waals surface area contributed by atoms with Crippen LogP contribution in [0.4, 0.5) is 0 Å². The van der Waals surface area contributed by atoms with Crippen LogP contribution in [0.25, 0.3) is 17.1 Å². The summed E-state index contributed by atoms with van der Waals surface area (Å²) >= 11 is 1.60. The van der Waals surface area contributed by atoms with Crippen molar-refractivity contribution < 1.29 is 9.53 Å². The number of fused-ring (bicyclic) bond motifs is 1. The summed E-state index contributed by atoms with van der Waals surface area (Å²) in [5.41, 5.74) is 3.86. The van der Waals surface area contributed by atoms with Crippen molar-refractivity contribution in [1.29, 1.82) is 0 Å². The lowest BCUT2D eigenvalue weighted by Gasteiger charge is -2.08.